The van der Waals surface area contributed by atoms with Crippen molar-refractivity contribution in [1.82, 2.24) is 10.3 Å². The molecule has 0 bridgehead atoms. The highest BCUT2D eigenvalue weighted by Crippen LogP contribution is 2.34. The van der Waals surface area contributed by atoms with Crippen molar-refractivity contribution >= 4 is 28.9 Å². The number of hydrogen-bond acceptors (Lipinski definition) is 6. The van der Waals surface area contributed by atoms with E-state index in [0.717, 1.165) is 23.0 Å². The minimum Gasteiger partial charge on any atom is -0.493 e. The molecule has 0 saturated carbocycles. The van der Waals surface area contributed by atoms with Crippen LogP contribution in [0.25, 0.3) is 0 Å². The number of carbonyl (C=O) groups excluding carboxylic acids is 2. The quantitative estimate of drug-likeness (QED) is 0.702. The molecule has 2 aromatic rings. The molecule has 1 aromatic carbocycles. The van der Waals surface area contributed by atoms with E-state index < -0.39 is 10.7 Å². The molecule has 1 aliphatic rings. The lowest BCUT2D eigenvalue weighted by Gasteiger charge is -2.18. The second-order valence-electron chi connectivity index (χ2n) is 6.72. The zero-order chi connectivity index (χ0) is 20.1. The summed E-state index contributed by atoms with van der Waals surface area (Å²) in [4.78, 5) is 38.2. The maximum Gasteiger partial charge on any atom is 0.307 e. The van der Waals surface area contributed by atoms with Gasteiger partial charge < -0.3 is 9.84 Å². The largest absolute Gasteiger partial charge is 0.493 e. The first kappa shape index (κ1) is 19.9. The van der Waals surface area contributed by atoms with Crippen LogP contribution in [-0.2, 0) is 28.9 Å². The van der Waals surface area contributed by atoms with Crippen molar-refractivity contribution in [3.8, 4) is 5.75 Å². The molecule has 0 radical (unpaired) electrons. The van der Waals surface area contributed by atoms with Gasteiger partial charge in [0.1, 0.15) is 10.5 Å². The van der Waals surface area contributed by atoms with Gasteiger partial charge >= 0.3 is 5.97 Å². The van der Waals surface area contributed by atoms with Gasteiger partial charge in [-0.25, -0.2) is 0 Å². The lowest BCUT2D eigenvalue weighted by Crippen LogP contribution is -2.35. The highest BCUT2D eigenvalue weighted by atomic mass is 32.2. The number of nitrogens with one attached hydrogen (secondary N) is 1. The number of carboxylic acids is 1. The minimum atomic E-state index is -0.880. The molecule has 1 aromatic heterocycles. The van der Waals surface area contributed by atoms with Crippen molar-refractivity contribution in [2.24, 2.45) is 0 Å². The smallest absolute Gasteiger partial charge is 0.307 e. The number of pyridine rings is 1. The number of benzene rings is 1. The topological polar surface area (TPSA) is 106 Å². The van der Waals surface area contributed by atoms with E-state index in [1.165, 1.54) is 0 Å². The van der Waals surface area contributed by atoms with Crippen LogP contribution in [0.15, 0.2) is 42.6 Å². The molecule has 7 nitrogen and oxygen atoms in total. The molecule has 28 heavy (non-hydrogen) atoms. The molecule has 1 unspecified atom stereocenters. The van der Waals surface area contributed by atoms with Crippen LogP contribution < -0.4 is 10.1 Å². The third kappa shape index (κ3) is 5.10. The summed E-state index contributed by atoms with van der Waals surface area (Å²) < 4.78 is 4.94. The molecular weight excluding hydrogens is 380 g/mol. The fraction of sp³-hybridized carbons (Fsp3) is 0.300. The van der Waals surface area contributed by atoms with E-state index in [-0.39, 0.29) is 17.6 Å². The molecule has 2 N–H and O–H groups in total. The van der Waals surface area contributed by atoms with Crippen molar-refractivity contribution in [3.63, 3.8) is 0 Å². The number of ether oxygens (including phenoxy) is 1. The molecule has 2 amide bonds. The van der Waals surface area contributed by atoms with Gasteiger partial charge in [-0.15, -0.1) is 0 Å². The standard InChI is InChI=1S/C20H20N2O5S/c1-20(18(25)22-19(26)28-20)11-13-3-6-16(7-4-13)27-9-8-15-5-2-14(12-21-15)10-17(23)24/h2-7,12H,8-11H2,1H3,(H,23,24)(H,22,25,26). The van der Waals surface area contributed by atoms with Crippen LogP contribution in [0.1, 0.15) is 23.7 Å². The predicted molar refractivity (Wildman–Crippen MR) is 104 cm³/mol. The fourth-order valence-electron chi connectivity index (χ4n) is 2.87. The van der Waals surface area contributed by atoms with Gasteiger partial charge in [-0.05, 0) is 54.4 Å². The minimum absolute atomic E-state index is 0.0382. The number of imide groups is 1. The van der Waals surface area contributed by atoms with Crippen molar-refractivity contribution in [2.45, 2.75) is 30.9 Å². The summed E-state index contributed by atoms with van der Waals surface area (Å²) in [6.45, 7) is 2.20. The Labute approximate surface area is 166 Å². The van der Waals surface area contributed by atoms with Gasteiger partial charge in [0.2, 0.25) is 5.91 Å². The Morgan fingerprint density at radius 2 is 1.89 bits per heavy atom. The first-order valence-electron chi connectivity index (χ1n) is 8.76. The third-order valence-corrected chi connectivity index (χ3v) is 5.41. The van der Waals surface area contributed by atoms with Crippen molar-refractivity contribution < 1.29 is 24.2 Å². The Kier molecular flexibility index (Phi) is 5.99. The summed E-state index contributed by atoms with van der Waals surface area (Å²) >= 11 is 1.02. The average Bonchev–Trinajstić information content (AvgIpc) is 2.89. The van der Waals surface area contributed by atoms with Gasteiger partial charge in [-0.3, -0.25) is 24.7 Å². The van der Waals surface area contributed by atoms with Gasteiger partial charge in [-0.2, -0.15) is 0 Å². The normalized spacial score (nSPS) is 18.8. The summed E-state index contributed by atoms with van der Waals surface area (Å²) in [5.74, 6) is -0.435. The predicted octanol–water partition coefficient (Wildman–Crippen LogP) is 2.61. The maximum atomic E-state index is 11.9. The highest BCUT2D eigenvalue weighted by molar-refractivity contribution is 8.16. The Balaban J connectivity index is 1.49. The fourth-order valence-corrected chi connectivity index (χ4v) is 3.80. The Morgan fingerprint density at radius 1 is 1.18 bits per heavy atom. The van der Waals surface area contributed by atoms with E-state index in [0.29, 0.717) is 30.8 Å². The van der Waals surface area contributed by atoms with E-state index in [1.807, 2.05) is 24.3 Å². The number of nitrogens with zero attached hydrogens (tertiary/aromatic N) is 1. The van der Waals surface area contributed by atoms with Crippen LogP contribution >= 0.6 is 11.8 Å². The van der Waals surface area contributed by atoms with Crippen LogP contribution in [0.5, 0.6) is 5.75 Å². The number of thioether (sulfide) groups is 1. The number of aliphatic carboxylic acids is 1. The van der Waals surface area contributed by atoms with E-state index in [4.69, 9.17) is 9.84 Å². The number of hydrogen-bond donors (Lipinski definition) is 2. The molecule has 1 saturated heterocycles. The maximum absolute atomic E-state index is 11.9. The summed E-state index contributed by atoms with van der Waals surface area (Å²) in [6, 6.07) is 11.0. The molecule has 1 fully saturated rings. The SMILES string of the molecule is CC1(Cc2ccc(OCCc3ccc(CC(=O)O)cn3)cc2)SC(=O)NC1=O. The van der Waals surface area contributed by atoms with E-state index in [1.54, 1.807) is 25.3 Å². The van der Waals surface area contributed by atoms with E-state index >= 15 is 0 Å². The van der Waals surface area contributed by atoms with E-state index in [9.17, 15) is 14.4 Å². The van der Waals surface area contributed by atoms with Gasteiger partial charge in [0, 0.05) is 18.3 Å². The lowest BCUT2D eigenvalue weighted by molar-refractivity contribution is -0.136. The Morgan fingerprint density at radius 3 is 2.46 bits per heavy atom. The number of carboxylic acid groups (broad SMARTS) is 1. The number of rotatable bonds is 8. The second-order valence-corrected chi connectivity index (χ2v) is 8.20. The number of carbonyl (C=O) groups is 3. The van der Waals surface area contributed by atoms with Crippen molar-refractivity contribution in [3.05, 3.63) is 59.4 Å². The molecule has 3 rings (SSSR count). The van der Waals surface area contributed by atoms with Crippen LogP contribution in [0.4, 0.5) is 4.79 Å². The molecule has 0 aliphatic carbocycles. The Hall–Kier alpha value is -2.87. The molecular formula is C20H20N2O5S. The lowest BCUT2D eigenvalue weighted by atomic mass is 9.99. The molecule has 1 aliphatic heterocycles. The summed E-state index contributed by atoms with van der Waals surface area (Å²) in [5, 5.41) is 10.8. The van der Waals surface area contributed by atoms with Gasteiger partial charge in [-0.1, -0.05) is 18.2 Å². The summed E-state index contributed by atoms with van der Waals surface area (Å²) in [5.41, 5.74) is 2.44. The molecule has 0 spiro atoms. The molecule has 2 heterocycles. The van der Waals surface area contributed by atoms with Crippen molar-refractivity contribution in [2.75, 3.05) is 6.61 Å². The molecule has 146 valence electrons. The monoisotopic (exact) mass is 400 g/mol. The Bertz CT molecular complexity index is 882. The summed E-state index contributed by atoms with van der Waals surface area (Å²) in [7, 11) is 0. The molecule has 8 heteroatoms. The first-order valence-corrected chi connectivity index (χ1v) is 9.57. The number of amides is 2. The third-order valence-electron chi connectivity index (χ3n) is 4.35. The van der Waals surface area contributed by atoms with Crippen LogP contribution in [0.3, 0.4) is 0 Å². The average molecular weight is 400 g/mol. The van der Waals surface area contributed by atoms with Gasteiger partial charge in [0.05, 0.1) is 13.0 Å². The van der Waals surface area contributed by atoms with Crippen LogP contribution in [-0.4, -0.2) is 38.6 Å². The molecule has 1 atom stereocenters. The summed E-state index contributed by atoms with van der Waals surface area (Å²) in [6.07, 6.45) is 2.60. The van der Waals surface area contributed by atoms with Gasteiger partial charge in [0.15, 0.2) is 0 Å². The first-order chi connectivity index (χ1) is 13.3. The zero-order valence-electron chi connectivity index (χ0n) is 15.3. The van der Waals surface area contributed by atoms with Crippen LogP contribution in [0.2, 0.25) is 0 Å². The van der Waals surface area contributed by atoms with Gasteiger partial charge in [0.25, 0.3) is 5.24 Å². The zero-order valence-corrected chi connectivity index (χ0v) is 16.1. The highest BCUT2D eigenvalue weighted by Gasteiger charge is 2.43. The van der Waals surface area contributed by atoms with E-state index in [2.05, 4.69) is 10.3 Å². The van der Waals surface area contributed by atoms with Crippen LogP contribution in [0, 0.1) is 0 Å². The number of aromatic nitrogens is 1. The van der Waals surface area contributed by atoms with Crippen molar-refractivity contribution in [1.29, 1.82) is 0 Å². The second kappa shape index (κ2) is 8.43.